The van der Waals surface area contributed by atoms with E-state index in [1.54, 1.807) is 0 Å². The molecule has 0 unspecified atom stereocenters. The van der Waals surface area contributed by atoms with E-state index in [0.717, 1.165) is 51.0 Å². The lowest BCUT2D eigenvalue weighted by Crippen LogP contribution is -1.96. The molecule has 4 aromatic rings. The van der Waals surface area contributed by atoms with E-state index in [-0.39, 0.29) is 0 Å². The maximum absolute atomic E-state index is 6.29. The fourth-order valence-corrected chi connectivity index (χ4v) is 3.80. The molecule has 0 amide bonds. The van der Waals surface area contributed by atoms with Crippen LogP contribution in [-0.4, -0.2) is 6.61 Å². The van der Waals surface area contributed by atoms with Gasteiger partial charge in [0.05, 0.1) is 29.9 Å². The van der Waals surface area contributed by atoms with Crippen LogP contribution in [0.2, 0.25) is 0 Å². The lowest BCUT2D eigenvalue weighted by Gasteiger charge is -2.14. The lowest BCUT2D eigenvalue weighted by molar-refractivity contribution is 0.340. The summed E-state index contributed by atoms with van der Waals surface area (Å²) in [4.78, 5) is 0. The third kappa shape index (κ3) is 5.00. The standard InChI is InChI=1S/C31H25O3/c1-2-32-27-18-16-26(17-19-27)29-15-9-14-28(33-29)20-23-21-30(24-10-5-3-6-11-24)34-31(22-23)25-12-7-4-8-13-25/h3-22H,2H2,1H3/q+1. The predicted octanol–water partition coefficient (Wildman–Crippen LogP) is 8.26. The van der Waals surface area contributed by atoms with E-state index in [2.05, 4.69) is 0 Å². The van der Waals surface area contributed by atoms with Gasteiger partial charge in [-0.05, 0) is 79.2 Å². The molecule has 166 valence electrons. The zero-order valence-corrected chi connectivity index (χ0v) is 19.0. The van der Waals surface area contributed by atoms with Crippen LogP contribution >= 0.6 is 0 Å². The van der Waals surface area contributed by atoms with Crippen molar-refractivity contribution in [1.29, 1.82) is 0 Å². The van der Waals surface area contributed by atoms with Gasteiger partial charge < -0.3 is 9.47 Å². The van der Waals surface area contributed by atoms with Crippen LogP contribution in [0.15, 0.2) is 125 Å². The molecule has 0 bridgehead atoms. The van der Waals surface area contributed by atoms with E-state index in [4.69, 9.17) is 13.9 Å². The number of rotatable bonds is 6. The summed E-state index contributed by atoms with van der Waals surface area (Å²) in [6, 6.07) is 32.3. The average molecular weight is 446 g/mol. The van der Waals surface area contributed by atoms with Crippen LogP contribution in [0.5, 0.6) is 5.75 Å². The SMILES string of the molecule is CCOc1ccc(C2=CC=CC(=Cc3cc(-c4ccccc4)[o+]c(-c4ccccc4)c3)O2)cc1. The Labute approximate surface area is 199 Å². The Hall–Kier alpha value is -4.37. The third-order valence-electron chi connectivity index (χ3n) is 5.43. The van der Waals surface area contributed by atoms with Gasteiger partial charge in [0, 0.05) is 5.56 Å². The highest BCUT2D eigenvalue weighted by atomic mass is 16.5. The average Bonchev–Trinajstić information content (AvgIpc) is 2.90. The molecule has 0 saturated heterocycles. The number of hydrogen-bond donors (Lipinski definition) is 0. The molecule has 0 fully saturated rings. The zero-order valence-electron chi connectivity index (χ0n) is 19.0. The van der Waals surface area contributed by atoms with E-state index in [9.17, 15) is 0 Å². The summed E-state index contributed by atoms with van der Waals surface area (Å²) < 4.78 is 18.1. The van der Waals surface area contributed by atoms with Crippen molar-refractivity contribution in [2.24, 2.45) is 0 Å². The van der Waals surface area contributed by atoms with Crippen LogP contribution in [-0.2, 0) is 4.74 Å². The molecule has 2 heterocycles. The molecule has 0 atom stereocenters. The summed E-state index contributed by atoms with van der Waals surface area (Å²) in [6.07, 6.45) is 7.97. The fourth-order valence-electron chi connectivity index (χ4n) is 3.80. The number of ether oxygens (including phenoxy) is 2. The van der Waals surface area contributed by atoms with Crippen LogP contribution in [0.1, 0.15) is 18.1 Å². The summed E-state index contributed by atoms with van der Waals surface area (Å²) in [5.41, 5.74) is 4.04. The molecule has 34 heavy (non-hydrogen) atoms. The van der Waals surface area contributed by atoms with E-state index in [1.807, 2.05) is 128 Å². The van der Waals surface area contributed by atoms with Crippen molar-refractivity contribution >= 4 is 11.8 Å². The first-order chi connectivity index (χ1) is 16.8. The van der Waals surface area contributed by atoms with Gasteiger partial charge in [-0.25, -0.2) is 4.42 Å². The smallest absolute Gasteiger partial charge is 0.361 e. The van der Waals surface area contributed by atoms with Crippen molar-refractivity contribution in [2.45, 2.75) is 6.92 Å². The molecule has 0 saturated carbocycles. The summed E-state index contributed by atoms with van der Waals surface area (Å²) in [7, 11) is 0. The van der Waals surface area contributed by atoms with Gasteiger partial charge in [-0.15, -0.1) is 0 Å². The van der Waals surface area contributed by atoms with Crippen molar-refractivity contribution in [3.63, 3.8) is 0 Å². The van der Waals surface area contributed by atoms with Crippen LogP contribution in [0.3, 0.4) is 0 Å². The number of benzene rings is 3. The molecule has 5 rings (SSSR count). The van der Waals surface area contributed by atoms with Crippen LogP contribution in [0.4, 0.5) is 0 Å². The van der Waals surface area contributed by atoms with E-state index >= 15 is 0 Å². The molecule has 3 heteroatoms. The van der Waals surface area contributed by atoms with Gasteiger partial charge in [0.1, 0.15) is 17.3 Å². The quantitative estimate of drug-likeness (QED) is 0.280. The highest BCUT2D eigenvalue weighted by molar-refractivity contribution is 5.71. The second-order valence-electron chi connectivity index (χ2n) is 7.85. The Balaban J connectivity index is 1.48. The maximum Gasteiger partial charge on any atom is 0.361 e. The van der Waals surface area contributed by atoms with Gasteiger partial charge in [0.15, 0.2) is 0 Å². The number of allylic oxidation sites excluding steroid dienone is 3. The first kappa shape index (κ1) is 21.5. The maximum atomic E-state index is 6.29. The number of hydrogen-bond acceptors (Lipinski definition) is 2. The van der Waals surface area contributed by atoms with Gasteiger partial charge in [0.25, 0.3) is 0 Å². The summed E-state index contributed by atoms with van der Waals surface area (Å²) in [6.45, 7) is 2.62. The Morgan fingerprint density at radius 2 is 1.38 bits per heavy atom. The van der Waals surface area contributed by atoms with Crippen molar-refractivity contribution < 1.29 is 13.9 Å². The molecule has 0 spiro atoms. The van der Waals surface area contributed by atoms with Crippen molar-refractivity contribution in [3.8, 4) is 28.4 Å². The predicted molar refractivity (Wildman–Crippen MR) is 138 cm³/mol. The van der Waals surface area contributed by atoms with Crippen LogP contribution < -0.4 is 4.74 Å². The largest absolute Gasteiger partial charge is 0.494 e. The zero-order chi connectivity index (χ0) is 23.2. The first-order valence-electron chi connectivity index (χ1n) is 11.4. The molecule has 0 aliphatic carbocycles. The second-order valence-corrected chi connectivity index (χ2v) is 7.85. The summed E-state index contributed by atoms with van der Waals surface area (Å²) >= 11 is 0. The van der Waals surface area contributed by atoms with Gasteiger partial charge in [0.2, 0.25) is 0 Å². The summed E-state index contributed by atoms with van der Waals surface area (Å²) in [5, 5.41) is 0. The summed E-state index contributed by atoms with van der Waals surface area (Å²) in [5.74, 6) is 4.01. The van der Waals surface area contributed by atoms with E-state index in [0.29, 0.717) is 6.61 Å². The molecule has 3 aromatic carbocycles. The van der Waals surface area contributed by atoms with Crippen molar-refractivity contribution in [1.82, 2.24) is 0 Å². The Morgan fingerprint density at radius 1 is 0.765 bits per heavy atom. The molecule has 0 N–H and O–H groups in total. The minimum absolute atomic E-state index is 0.646. The van der Waals surface area contributed by atoms with Gasteiger partial charge in [-0.3, -0.25) is 0 Å². The molecule has 0 radical (unpaired) electrons. The van der Waals surface area contributed by atoms with Crippen LogP contribution in [0, 0.1) is 0 Å². The molecular weight excluding hydrogens is 420 g/mol. The molecule has 1 aromatic heterocycles. The van der Waals surface area contributed by atoms with Gasteiger partial charge in [-0.1, -0.05) is 42.5 Å². The third-order valence-corrected chi connectivity index (χ3v) is 5.43. The Kier molecular flexibility index (Phi) is 6.35. The van der Waals surface area contributed by atoms with E-state index in [1.165, 1.54) is 0 Å². The minimum atomic E-state index is 0.646. The van der Waals surface area contributed by atoms with Crippen molar-refractivity contribution in [3.05, 3.63) is 132 Å². The van der Waals surface area contributed by atoms with E-state index < -0.39 is 0 Å². The van der Waals surface area contributed by atoms with Gasteiger partial charge in [-0.2, -0.15) is 0 Å². The molecule has 1 aliphatic heterocycles. The highest BCUT2D eigenvalue weighted by Gasteiger charge is 2.19. The molecule has 3 nitrogen and oxygen atoms in total. The molecule has 1 aliphatic rings. The molecular formula is C31H25O3+. The van der Waals surface area contributed by atoms with Crippen LogP contribution in [0.25, 0.3) is 34.5 Å². The topological polar surface area (TPSA) is 29.8 Å². The highest BCUT2D eigenvalue weighted by Crippen LogP contribution is 2.31. The van der Waals surface area contributed by atoms with Gasteiger partial charge >= 0.3 is 11.5 Å². The van der Waals surface area contributed by atoms with Crippen molar-refractivity contribution in [2.75, 3.05) is 6.61 Å². The first-order valence-corrected chi connectivity index (χ1v) is 11.4. The Morgan fingerprint density at radius 3 is 1.97 bits per heavy atom. The fraction of sp³-hybridized carbons (Fsp3) is 0.0645. The minimum Gasteiger partial charge on any atom is -0.494 e. The Bertz CT molecular complexity index is 1290. The lowest BCUT2D eigenvalue weighted by atomic mass is 10.1. The normalized spacial score (nSPS) is 13.9. The monoisotopic (exact) mass is 445 g/mol. The second kappa shape index (κ2) is 10.1.